The fourth-order valence-corrected chi connectivity index (χ4v) is 5.11. The summed E-state index contributed by atoms with van der Waals surface area (Å²) in [5, 5.41) is 3.60. The molecule has 0 aromatic rings. The molecule has 0 amide bonds. The van der Waals surface area contributed by atoms with Gasteiger partial charge in [-0.15, -0.1) is 0 Å². The molecule has 6 nitrogen and oxygen atoms in total. The summed E-state index contributed by atoms with van der Waals surface area (Å²) >= 11 is 0. The van der Waals surface area contributed by atoms with Crippen LogP contribution in [-0.4, -0.2) is 40.8 Å². The van der Waals surface area contributed by atoms with E-state index < -0.39 is 0 Å². The average molecular weight is 481 g/mol. The Morgan fingerprint density at radius 2 is 1.65 bits per heavy atom. The van der Waals surface area contributed by atoms with Crippen LogP contribution in [-0.2, 0) is 19.1 Å². The van der Waals surface area contributed by atoms with Gasteiger partial charge in [-0.25, -0.2) is 4.79 Å². The number of nitrogens with two attached hydrogens (primary N) is 1. The molecule has 1 heterocycles. The quantitative estimate of drug-likeness (QED) is 0.185. The molecule has 1 rings (SSSR count). The van der Waals surface area contributed by atoms with Crippen LogP contribution in [0.25, 0.3) is 0 Å². The molecule has 0 aliphatic carbocycles. The maximum atomic E-state index is 12.2. The van der Waals surface area contributed by atoms with Crippen molar-refractivity contribution in [2.24, 2.45) is 11.7 Å². The first-order valence-electron chi connectivity index (χ1n) is 13.2. The lowest BCUT2D eigenvalue weighted by Gasteiger charge is -2.45. The van der Waals surface area contributed by atoms with Gasteiger partial charge in [0.25, 0.3) is 0 Å². The van der Waals surface area contributed by atoms with Crippen LogP contribution in [0.2, 0.25) is 0 Å². The Balaban J connectivity index is 2.21. The smallest absolute Gasteiger partial charge is 0.330 e. The summed E-state index contributed by atoms with van der Waals surface area (Å²) in [5.41, 5.74) is 5.69. The molecule has 0 aromatic carbocycles. The zero-order chi connectivity index (χ0) is 26.0. The fraction of sp³-hybridized carbons (Fsp3) is 0.857. The molecule has 0 spiro atoms. The highest BCUT2D eigenvalue weighted by Crippen LogP contribution is 2.30. The Labute approximate surface area is 208 Å². The van der Waals surface area contributed by atoms with E-state index in [1.165, 1.54) is 0 Å². The van der Waals surface area contributed by atoms with Crippen LogP contribution in [0.4, 0.5) is 0 Å². The monoisotopic (exact) mass is 480 g/mol. The van der Waals surface area contributed by atoms with E-state index in [0.29, 0.717) is 18.8 Å². The van der Waals surface area contributed by atoms with Crippen LogP contribution >= 0.6 is 0 Å². The Bertz CT molecular complexity index is 646. The first-order chi connectivity index (χ1) is 15.6. The van der Waals surface area contributed by atoms with Crippen LogP contribution in [0.3, 0.4) is 0 Å². The average Bonchev–Trinajstić information content (AvgIpc) is 2.58. The molecular formula is C28H52N2O4. The highest BCUT2D eigenvalue weighted by atomic mass is 16.5. The van der Waals surface area contributed by atoms with Gasteiger partial charge in [0.15, 0.2) is 0 Å². The van der Waals surface area contributed by atoms with E-state index in [4.69, 9.17) is 15.2 Å². The zero-order valence-corrected chi connectivity index (χ0v) is 23.2. The third-order valence-electron chi connectivity index (χ3n) is 5.98. The summed E-state index contributed by atoms with van der Waals surface area (Å²) in [7, 11) is 0. The topological polar surface area (TPSA) is 90.7 Å². The molecule has 198 valence electrons. The van der Waals surface area contributed by atoms with Crippen molar-refractivity contribution in [3.05, 3.63) is 12.2 Å². The third-order valence-corrected chi connectivity index (χ3v) is 5.98. The predicted molar refractivity (Wildman–Crippen MR) is 139 cm³/mol. The molecule has 1 aliphatic rings. The van der Waals surface area contributed by atoms with Gasteiger partial charge < -0.3 is 20.5 Å². The Morgan fingerprint density at radius 3 is 2.21 bits per heavy atom. The van der Waals surface area contributed by atoms with Crippen molar-refractivity contribution in [1.82, 2.24) is 5.32 Å². The van der Waals surface area contributed by atoms with Gasteiger partial charge in [-0.2, -0.15) is 0 Å². The second-order valence-corrected chi connectivity index (χ2v) is 12.6. The molecule has 0 aromatic heterocycles. The van der Waals surface area contributed by atoms with Gasteiger partial charge >= 0.3 is 11.9 Å². The summed E-state index contributed by atoms with van der Waals surface area (Å²) < 4.78 is 11.4. The number of esters is 2. The number of unbranched alkanes of at least 4 members (excludes halogenated alkanes) is 4. The molecule has 34 heavy (non-hydrogen) atoms. The number of ether oxygens (including phenoxy) is 2. The summed E-state index contributed by atoms with van der Waals surface area (Å²) in [6.07, 6.45) is 11.6. The molecular weight excluding hydrogens is 428 g/mol. The molecule has 0 bridgehead atoms. The van der Waals surface area contributed by atoms with Gasteiger partial charge in [-0.05, 0) is 73.1 Å². The molecule has 1 fully saturated rings. The Hall–Kier alpha value is -1.40. The molecule has 0 saturated carbocycles. The number of carbonyl (C=O) groups excluding carboxylic acids is 2. The van der Waals surface area contributed by atoms with E-state index >= 15 is 0 Å². The molecule has 0 radical (unpaired) electrons. The highest BCUT2D eigenvalue weighted by Gasteiger charge is 2.39. The van der Waals surface area contributed by atoms with Gasteiger partial charge in [0, 0.05) is 48.4 Å². The van der Waals surface area contributed by atoms with Crippen LogP contribution < -0.4 is 11.1 Å². The van der Waals surface area contributed by atoms with Crippen molar-refractivity contribution in [3.8, 4) is 0 Å². The van der Waals surface area contributed by atoms with Gasteiger partial charge in [-0.1, -0.05) is 32.8 Å². The first-order valence-corrected chi connectivity index (χ1v) is 13.2. The van der Waals surface area contributed by atoms with Gasteiger partial charge in [-0.3, -0.25) is 4.79 Å². The minimum atomic E-state index is -0.347. The second-order valence-electron chi connectivity index (χ2n) is 12.6. The van der Waals surface area contributed by atoms with Crippen LogP contribution in [0, 0.1) is 5.92 Å². The minimum absolute atomic E-state index is 0.0425. The first kappa shape index (κ1) is 30.6. The van der Waals surface area contributed by atoms with Crippen LogP contribution in [0.15, 0.2) is 12.2 Å². The van der Waals surface area contributed by atoms with Crippen molar-refractivity contribution in [1.29, 1.82) is 0 Å². The summed E-state index contributed by atoms with van der Waals surface area (Å²) in [5.74, 6) is 0.0866. The van der Waals surface area contributed by atoms with E-state index in [0.717, 1.165) is 51.4 Å². The van der Waals surface area contributed by atoms with Crippen LogP contribution in [0.5, 0.6) is 0 Å². The molecule has 1 aliphatic heterocycles. The van der Waals surface area contributed by atoms with E-state index in [1.54, 1.807) is 6.08 Å². The van der Waals surface area contributed by atoms with Gasteiger partial charge in [0.05, 0.1) is 0 Å². The maximum absolute atomic E-state index is 12.2. The number of allylic oxidation sites excluding steroid dienone is 1. The van der Waals surface area contributed by atoms with Gasteiger partial charge in [0.2, 0.25) is 0 Å². The van der Waals surface area contributed by atoms with E-state index in [9.17, 15) is 9.59 Å². The molecule has 3 N–H and O–H groups in total. The summed E-state index contributed by atoms with van der Waals surface area (Å²) in [6.45, 7) is 16.8. The minimum Gasteiger partial charge on any atom is -0.462 e. The number of hydrogen-bond acceptors (Lipinski definition) is 6. The van der Waals surface area contributed by atoms with E-state index in [2.05, 4.69) is 46.9 Å². The number of carbonyl (C=O) groups is 2. The van der Waals surface area contributed by atoms with Crippen molar-refractivity contribution >= 4 is 11.9 Å². The fourth-order valence-electron chi connectivity index (χ4n) is 5.11. The van der Waals surface area contributed by atoms with Crippen molar-refractivity contribution in [3.63, 3.8) is 0 Å². The predicted octanol–water partition coefficient (Wildman–Crippen LogP) is 5.82. The van der Waals surface area contributed by atoms with Crippen LogP contribution in [0.1, 0.15) is 120 Å². The second kappa shape index (κ2) is 13.6. The van der Waals surface area contributed by atoms with E-state index in [1.807, 2.05) is 19.9 Å². The van der Waals surface area contributed by atoms with Crippen molar-refractivity contribution in [2.45, 2.75) is 148 Å². The standard InChI is InChI=1S/C28H52N2O4/c1-21(2)17-22(18-26(3,4)29)33-24(31)15-13-11-9-10-12-14-16-25(32)34-23-19-27(5,6)30-28(7,8)20-23/h14,16,21-23,30H,9-13,15,17-20,29H2,1-8H3. The summed E-state index contributed by atoms with van der Waals surface area (Å²) in [6, 6.07) is 0. The van der Waals surface area contributed by atoms with Crippen molar-refractivity contribution in [2.75, 3.05) is 0 Å². The molecule has 1 atom stereocenters. The number of hydrogen-bond donors (Lipinski definition) is 2. The normalized spacial score (nSPS) is 19.4. The highest BCUT2D eigenvalue weighted by molar-refractivity contribution is 5.82. The lowest BCUT2D eigenvalue weighted by atomic mass is 9.81. The lowest BCUT2D eigenvalue weighted by molar-refractivity contribution is -0.151. The number of rotatable bonds is 14. The third kappa shape index (κ3) is 14.8. The van der Waals surface area contributed by atoms with Gasteiger partial charge in [0.1, 0.15) is 12.2 Å². The molecule has 1 saturated heterocycles. The largest absolute Gasteiger partial charge is 0.462 e. The summed E-state index contributed by atoms with van der Waals surface area (Å²) in [4.78, 5) is 24.4. The molecule has 1 unspecified atom stereocenters. The Morgan fingerprint density at radius 1 is 1.06 bits per heavy atom. The van der Waals surface area contributed by atoms with E-state index in [-0.39, 0.29) is 40.8 Å². The number of piperidine rings is 1. The molecule has 6 heteroatoms. The lowest BCUT2D eigenvalue weighted by Crippen LogP contribution is -2.59. The van der Waals surface area contributed by atoms with Crippen molar-refractivity contribution < 1.29 is 19.1 Å². The zero-order valence-electron chi connectivity index (χ0n) is 23.2. The SMILES string of the molecule is CC(C)CC(CC(C)(C)N)OC(=O)CCCCCCC=CC(=O)OC1CC(C)(C)NC(C)(C)C1. The Kier molecular flexibility index (Phi) is 12.3. The maximum Gasteiger partial charge on any atom is 0.330 e. The number of nitrogens with one attached hydrogen (secondary N) is 1.